The van der Waals surface area contributed by atoms with Gasteiger partial charge in [-0.2, -0.15) is 0 Å². The Balaban J connectivity index is 0.00000196. The molecule has 0 bridgehead atoms. The van der Waals surface area contributed by atoms with E-state index in [0.717, 1.165) is 0 Å². The van der Waals surface area contributed by atoms with E-state index in [2.05, 4.69) is 0 Å². The Morgan fingerprint density at radius 3 is 1.33 bits per heavy atom. The largest absolute Gasteiger partial charge is 0.477 e. The van der Waals surface area contributed by atoms with Crippen LogP contribution in [0.25, 0.3) is 0 Å². The van der Waals surface area contributed by atoms with Crippen molar-refractivity contribution in [3.8, 4) is 0 Å². The number of halogens is 6. The average Bonchev–Trinajstić information content (AvgIpc) is 2.11. The monoisotopic (exact) mass is 340 g/mol. The maximum absolute atomic E-state index is 12.6. The van der Waals surface area contributed by atoms with Crippen LogP contribution < -0.4 is 0 Å². The minimum Gasteiger partial charge on any atom is -0.477 e. The predicted octanol–water partition coefficient (Wildman–Crippen LogP) is 2.70. The molecule has 0 atom stereocenters. The fourth-order valence-electron chi connectivity index (χ4n) is 0.793. The van der Waals surface area contributed by atoms with Crippen molar-refractivity contribution in [3.63, 3.8) is 0 Å². The smallest absolute Gasteiger partial charge is 0.341 e. The normalized spacial score (nSPS) is 9.67. The number of benzene rings is 1. The Bertz CT molecular complexity index is 391. The highest BCUT2D eigenvalue weighted by Crippen LogP contribution is 2.22. The van der Waals surface area contributed by atoms with Crippen molar-refractivity contribution in [3.05, 3.63) is 34.6 Å². The third-order valence-corrected chi connectivity index (χ3v) is 1.42. The summed E-state index contributed by atoms with van der Waals surface area (Å²) < 4.78 is 62.1. The van der Waals surface area contributed by atoms with Crippen LogP contribution in [0, 0.1) is 29.1 Å². The topological polar surface area (TPSA) is 37.3 Å². The summed E-state index contributed by atoms with van der Waals surface area (Å²) in [7, 11) is 0. The summed E-state index contributed by atoms with van der Waals surface area (Å²) in [6, 6.07) is 0. The molecule has 2 nitrogen and oxygen atoms in total. The zero-order valence-electron chi connectivity index (χ0n) is 6.65. The van der Waals surface area contributed by atoms with E-state index in [4.69, 9.17) is 5.11 Å². The van der Waals surface area contributed by atoms with Crippen molar-refractivity contribution < 1.29 is 31.9 Å². The van der Waals surface area contributed by atoms with Crippen molar-refractivity contribution in [1.82, 2.24) is 0 Å². The van der Waals surface area contributed by atoms with E-state index in [1.807, 2.05) is 0 Å². The van der Waals surface area contributed by atoms with Gasteiger partial charge in [-0.15, -0.1) is 24.0 Å². The molecule has 0 unspecified atom stereocenters. The minimum atomic E-state index is -2.38. The van der Waals surface area contributed by atoms with E-state index < -0.39 is 40.6 Å². The zero-order valence-corrected chi connectivity index (χ0v) is 8.98. The second-order valence-corrected chi connectivity index (χ2v) is 2.25. The molecule has 0 heterocycles. The number of carboxylic acid groups (broad SMARTS) is 1. The first-order chi connectivity index (χ1) is 6.37. The minimum absolute atomic E-state index is 0. The van der Waals surface area contributed by atoms with Gasteiger partial charge in [0.1, 0.15) is 5.56 Å². The number of aromatic carboxylic acids is 1. The molecule has 1 N–H and O–H groups in total. The van der Waals surface area contributed by atoms with E-state index in [0.29, 0.717) is 0 Å². The molecule has 0 aromatic heterocycles. The summed E-state index contributed by atoms with van der Waals surface area (Å²) in [5.74, 6) is -13.9. The lowest BCUT2D eigenvalue weighted by Crippen LogP contribution is -2.11. The highest BCUT2D eigenvalue weighted by molar-refractivity contribution is 14.0. The van der Waals surface area contributed by atoms with Gasteiger partial charge in [0.05, 0.1) is 0 Å². The van der Waals surface area contributed by atoms with E-state index in [-0.39, 0.29) is 24.0 Å². The number of carboxylic acids is 1. The number of carbonyl (C=O) groups is 1. The van der Waals surface area contributed by atoms with E-state index in [1.54, 1.807) is 0 Å². The first-order valence-electron chi connectivity index (χ1n) is 3.12. The Morgan fingerprint density at radius 2 is 1.07 bits per heavy atom. The van der Waals surface area contributed by atoms with Crippen LogP contribution in [-0.4, -0.2) is 11.1 Å². The van der Waals surface area contributed by atoms with Gasteiger partial charge in [0, 0.05) is 0 Å². The highest BCUT2D eigenvalue weighted by Gasteiger charge is 2.29. The zero-order chi connectivity index (χ0) is 11.0. The van der Waals surface area contributed by atoms with Gasteiger partial charge >= 0.3 is 5.97 Å². The van der Waals surface area contributed by atoms with Gasteiger partial charge in [-0.1, -0.05) is 0 Å². The second kappa shape index (κ2) is 4.73. The molecule has 0 aliphatic carbocycles. The SMILES string of the molecule is I.O=C(O)c1c(F)c(F)c(F)c(F)c1F. The fraction of sp³-hybridized carbons (Fsp3) is 0. The summed E-state index contributed by atoms with van der Waals surface area (Å²) in [6.45, 7) is 0. The molecular weight excluding hydrogens is 338 g/mol. The van der Waals surface area contributed by atoms with Gasteiger partial charge in [-0.3, -0.25) is 0 Å². The van der Waals surface area contributed by atoms with E-state index >= 15 is 0 Å². The van der Waals surface area contributed by atoms with Crippen LogP contribution in [0.5, 0.6) is 0 Å². The van der Waals surface area contributed by atoms with Crippen molar-refractivity contribution in [2.24, 2.45) is 0 Å². The van der Waals surface area contributed by atoms with Crippen LogP contribution in [0.2, 0.25) is 0 Å². The second-order valence-electron chi connectivity index (χ2n) is 2.25. The standard InChI is InChI=1S/C7HF5O2.HI/c8-2-1(7(13)14)3(9)5(11)6(12)4(2)10;/h(H,13,14);1H. The molecule has 0 amide bonds. The quantitative estimate of drug-likeness (QED) is 0.370. The molecule has 84 valence electrons. The molecule has 0 saturated carbocycles. The number of rotatable bonds is 1. The molecule has 0 spiro atoms. The third kappa shape index (κ3) is 2.19. The lowest BCUT2D eigenvalue weighted by molar-refractivity contribution is 0.0682. The first-order valence-corrected chi connectivity index (χ1v) is 3.12. The first kappa shape index (κ1) is 14.1. The van der Waals surface area contributed by atoms with Gasteiger partial charge in [0.25, 0.3) is 0 Å². The van der Waals surface area contributed by atoms with Gasteiger partial charge in [-0.05, 0) is 0 Å². The maximum Gasteiger partial charge on any atom is 0.341 e. The van der Waals surface area contributed by atoms with Gasteiger partial charge in [0.2, 0.25) is 5.82 Å². The Kier molecular flexibility index (Phi) is 4.43. The summed E-state index contributed by atoms with van der Waals surface area (Å²) in [6.07, 6.45) is 0. The molecule has 0 radical (unpaired) electrons. The molecular formula is C7H2F5IO2. The van der Waals surface area contributed by atoms with Crippen LogP contribution in [0.15, 0.2) is 0 Å². The van der Waals surface area contributed by atoms with Crippen LogP contribution in [0.3, 0.4) is 0 Å². The summed E-state index contributed by atoms with van der Waals surface area (Å²) in [4.78, 5) is 10.1. The van der Waals surface area contributed by atoms with Crippen molar-refractivity contribution in [2.45, 2.75) is 0 Å². The van der Waals surface area contributed by atoms with E-state index in [1.165, 1.54) is 0 Å². The molecule has 0 saturated heterocycles. The van der Waals surface area contributed by atoms with Crippen LogP contribution in [0.4, 0.5) is 22.0 Å². The molecule has 15 heavy (non-hydrogen) atoms. The van der Waals surface area contributed by atoms with Crippen LogP contribution >= 0.6 is 24.0 Å². The Morgan fingerprint density at radius 1 is 0.800 bits per heavy atom. The van der Waals surface area contributed by atoms with Crippen LogP contribution in [0.1, 0.15) is 10.4 Å². The summed E-state index contributed by atoms with van der Waals surface area (Å²) >= 11 is 0. The molecule has 1 aromatic rings. The van der Waals surface area contributed by atoms with Gasteiger partial charge in [0.15, 0.2) is 23.3 Å². The lowest BCUT2D eigenvalue weighted by atomic mass is 10.1. The lowest BCUT2D eigenvalue weighted by Gasteiger charge is -2.03. The van der Waals surface area contributed by atoms with Crippen LogP contribution in [-0.2, 0) is 0 Å². The van der Waals surface area contributed by atoms with Crippen molar-refractivity contribution in [1.29, 1.82) is 0 Å². The van der Waals surface area contributed by atoms with Gasteiger partial charge in [-0.25, -0.2) is 26.7 Å². The summed E-state index contributed by atoms with van der Waals surface area (Å²) in [5.41, 5.74) is -1.86. The molecule has 1 aromatic carbocycles. The fourth-order valence-corrected chi connectivity index (χ4v) is 0.793. The number of hydrogen-bond acceptors (Lipinski definition) is 1. The van der Waals surface area contributed by atoms with Gasteiger partial charge < -0.3 is 5.11 Å². The predicted molar refractivity (Wildman–Crippen MR) is 48.6 cm³/mol. The average molecular weight is 340 g/mol. The number of hydrogen-bond donors (Lipinski definition) is 1. The Labute approximate surface area is 96.7 Å². The highest BCUT2D eigenvalue weighted by atomic mass is 127. The maximum atomic E-state index is 12.6. The van der Waals surface area contributed by atoms with E-state index in [9.17, 15) is 26.7 Å². The molecule has 0 aliphatic rings. The Hall–Kier alpha value is -0.930. The molecule has 0 fully saturated rings. The van der Waals surface area contributed by atoms with Crippen molar-refractivity contribution in [2.75, 3.05) is 0 Å². The summed E-state index contributed by atoms with van der Waals surface area (Å²) in [5, 5.41) is 8.15. The molecule has 8 heteroatoms. The molecule has 1 rings (SSSR count). The van der Waals surface area contributed by atoms with Crippen molar-refractivity contribution >= 4 is 29.9 Å². The molecule has 0 aliphatic heterocycles. The third-order valence-electron chi connectivity index (χ3n) is 1.42.